The largest absolute Gasteiger partial charge is 0.337 e. The van der Waals surface area contributed by atoms with Gasteiger partial charge in [-0.2, -0.15) is 5.10 Å². The van der Waals surface area contributed by atoms with Crippen molar-refractivity contribution in [2.75, 3.05) is 6.54 Å². The first-order valence-corrected chi connectivity index (χ1v) is 7.56. The molecule has 0 saturated heterocycles. The lowest BCUT2D eigenvalue weighted by molar-refractivity contribution is 0.445. The zero-order valence-corrected chi connectivity index (χ0v) is 12.8. The van der Waals surface area contributed by atoms with Crippen molar-refractivity contribution in [1.29, 1.82) is 0 Å². The summed E-state index contributed by atoms with van der Waals surface area (Å²) in [7, 11) is 0. The smallest absolute Gasteiger partial charge is 0.0946 e. The monoisotopic (exact) mass is 295 g/mol. The highest BCUT2D eigenvalue weighted by molar-refractivity contribution is 5.33. The number of nitrogens with zero attached hydrogens (tertiary/aromatic N) is 4. The van der Waals surface area contributed by atoms with Gasteiger partial charge in [-0.15, -0.1) is 0 Å². The fraction of sp³-hybridized carbons (Fsp3) is 0.294. The molecule has 0 fully saturated rings. The van der Waals surface area contributed by atoms with Gasteiger partial charge in [-0.05, 0) is 36.2 Å². The molecule has 0 spiro atoms. The Bertz CT molecular complexity index is 656. The van der Waals surface area contributed by atoms with Crippen LogP contribution in [-0.2, 0) is 13.1 Å². The standard InChI is InChI=1S/C17H21N5/c1-15(13-21-10-8-18-14-21)11-19-12-16-3-5-17(6-4-16)22-9-2-7-20-22/h2-10,14-15,19H,11-13H2,1H3. The minimum Gasteiger partial charge on any atom is -0.337 e. The Balaban J connectivity index is 1.45. The molecule has 114 valence electrons. The van der Waals surface area contributed by atoms with E-state index in [-0.39, 0.29) is 0 Å². The normalized spacial score (nSPS) is 12.4. The first-order chi connectivity index (χ1) is 10.8. The van der Waals surface area contributed by atoms with Crippen LogP contribution in [0.4, 0.5) is 0 Å². The maximum Gasteiger partial charge on any atom is 0.0946 e. The zero-order valence-electron chi connectivity index (χ0n) is 12.8. The minimum atomic E-state index is 0.567. The number of hydrogen-bond donors (Lipinski definition) is 1. The molecule has 2 heterocycles. The van der Waals surface area contributed by atoms with E-state index in [1.54, 1.807) is 6.20 Å². The molecule has 1 aromatic carbocycles. The van der Waals surface area contributed by atoms with Gasteiger partial charge in [0.25, 0.3) is 0 Å². The fourth-order valence-electron chi connectivity index (χ4n) is 2.47. The van der Waals surface area contributed by atoms with Gasteiger partial charge in [-0.3, -0.25) is 0 Å². The molecule has 0 amide bonds. The second kappa shape index (κ2) is 7.04. The van der Waals surface area contributed by atoms with E-state index in [0.717, 1.165) is 25.3 Å². The van der Waals surface area contributed by atoms with E-state index in [9.17, 15) is 0 Å². The average molecular weight is 295 g/mol. The van der Waals surface area contributed by atoms with Crippen molar-refractivity contribution in [3.63, 3.8) is 0 Å². The molecular weight excluding hydrogens is 274 g/mol. The second-order valence-corrected chi connectivity index (χ2v) is 5.61. The van der Waals surface area contributed by atoms with Gasteiger partial charge in [0.1, 0.15) is 0 Å². The third kappa shape index (κ3) is 3.83. The van der Waals surface area contributed by atoms with Gasteiger partial charge in [0.05, 0.1) is 12.0 Å². The van der Waals surface area contributed by atoms with Gasteiger partial charge >= 0.3 is 0 Å². The van der Waals surface area contributed by atoms with E-state index >= 15 is 0 Å². The maximum atomic E-state index is 4.23. The van der Waals surface area contributed by atoms with Crippen LogP contribution in [0, 0.1) is 5.92 Å². The summed E-state index contributed by atoms with van der Waals surface area (Å²) in [6, 6.07) is 10.4. The highest BCUT2D eigenvalue weighted by Crippen LogP contribution is 2.08. The number of imidazole rings is 1. The van der Waals surface area contributed by atoms with E-state index in [1.807, 2.05) is 35.7 Å². The molecule has 0 bridgehead atoms. The molecule has 0 radical (unpaired) electrons. The summed E-state index contributed by atoms with van der Waals surface area (Å²) in [6.45, 7) is 5.10. The van der Waals surface area contributed by atoms with Crippen LogP contribution < -0.4 is 5.32 Å². The minimum absolute atomic E-state index is 0.567. The van der Waals surface area contributed by atoms with Crippen LogP contribution in [0.3, 0.4) is 0 Å². The zero-order chi connectivity index (χ0) is 15.2. The molecule has 0 aliphatic rings. The third-order valence-electron chi connectivity index (χ3n) is 3.61. The van der Waals surface area contributed by atoms with Gasteiger partial charge in [-0.25, -0.2) is 9.67 Å². The van der Waals surface area contributed by atoms with Gasteiger partial charge in [0, 0.05) is 37.9 Å². The lowest BCUT2D eigenvalue weighted by atomic mass is 10.1. The first kappa shape index (κ1) is 14.5. The van der Waals surface area contributed by atoms with Gasteiger partial charge in [0.2, 0.25) is 0 Å². The van der Waals surface area contributed by atoms with E-state index in [2.05, 4.69) is 51.2 Å². The molecule has 1 N–H and O–H groups in total. The lowest BCUT2D eigenvalue weighted by Crippen LogP contribution is -2.23. The Kier molecular flexibility index (Phi) is 4.65. The lowest BCUT2D eigenvalue weighted by Gasteiger charge is -2.13. The summed E-state index contributed by atoms with van der Waals surface area (Å²) in [6.07, 6.45) is 9.43. The van der Waals surface area contributed by atoms with Gasteiger partial charge in [0.15, 0.2) is 0 Å². The van der Waals surface area contributed by atoms with Crippen molar-refractivity contribution in [2.45, 2.75) is 20.0 Å². The summed E-state index contributed by atoms with van der Waals surface area (Å²) in [5.41, 5.74) is 2.37. The molecule has 1 atom stereocenters. The summed E-state index contributed by atoms with van der Waals surface area (Å²) in [5.74, 6) is 0.567. The number of benzene rings is 1. The van der Waals surface area contributed by atoms with Crippen molar-refractivity contribution in [3.05, 3.63) is 67.0 Å². The number of aromatic nitrogens is 4. The Labute approximate surface area is 130 Å². The molecule has 3 rings (SSSR count). The van der Waals surface area contributed by atoms with Crippen molar-refractivity contribution < 1.29 is 0 Å². The average Bonchev–Trinajstić information content (AvgIpc) is 3.21. The van der Waals surface area contributed by atoms with E-state index in [1.165, 1.54) is 5.56 Å². The van der Waals surface area contributed by atoms with Crippen LogP contribution in [0.2, 0.25) is 0 Å². The van der Waals surface area contributed by atoms with Crippen LogP contribution in [0.1, 0.15) is 12.5 Å². The van der Waals surface area contributed by atoms with Crippen LogP contribution in [-0.4, -0.2) is 25.9 Å². The molecule has 5 nitrogen and oxygen atoms in total. The molecule has 3 aromatic rings. The molecule has 1 unspecified atom stereocenters. The molecule has 0 saturated carbocycles. The Morgan fingerprint density at radius 1 is 1.14 bits per heavy atom. The molecule has 5 heteroatoms. The Morgan fingerprint density at radius 3 is 2.68 bits per heavy atom. The van der Waals surface area contributed by atoms with Crippen LogP contribution in [0.15, 0.2) is 61.4 Å². The Morgan fingerprint density at radius 2 is 2.00 bits per heavy atom. The molecular formula is C17H21N5. The number of rotatable bonds is 7. The van der Waals surface area contributed by atoms with Crippen molar-refractivity contribution in [1.82, 2.24) is 24.6 Å². The highest BCUT2D eigenvalue weighted by Gasteiger charge is 2.03. The fourth-order valence-corrected chi connectivity index (χ4v) is 2.47. The van der Waals surface area contributed by atoms with Crippen molar-refractivity contribution >= 4 is 0 Å². The Hall–Kier alpha value is -2.40. The molecule has 2 aromatic heterocycles. The van der Waals surface area contributed by atoms with Crippen LogP contribution in [0.5, 0.6) is 0 Å². The second-order valence-electron chi connectivity index (χ2n) is 5.61. The van der Waals surface area contributed by atoms with Crippen LogP contribution >= 0.6 is 0 Å². The topological polar surface area (TPSA) is 47.7 Å². The summed E-state index contributed by atoms with van der Waals surface area (Å²) in [5, 5.41) is 7.74. The quantitative estimate of drug-likeness (QED) is 0.728. The maximum absolute atomic E-state index is 4.23. The van der Waals surface area contributed by atoms with Crippen molar-refractivity contribution in [3.8, 4) is 5.69 Å². The predicted molar refractivity (Wildman–Crippen MR) is 86.7 cm³/mol. The van der Waals surface area contributed by atoms with E-state index < -0.39 is 0 Å². The van der Waals surface area contributed by atoms with Gasteiger partial charge in [-0.1, -0.05) is 19.1 Å². The predicted octanol–water partition coefficient (Wildman–Crippen LogP) is 2.49. The van der Waals surface area contributed by atoms with Crippen molar-refractivity contribution in [2.24, 2.45) is 5.92 Å². The number of hydrogen-bond acceptors (Lipinski definition) is 3. The van der Waals surface area contributed by atoms with Gasteiger partial charge < -0.3 is 9.88 Å². The summed E-state index contributed by atoms with van der Waals surface area (Å²) < 4.78 is 3.98. The summed E-state index contributed by atoms with van der Waals surface area (Å²) in [4.78, 5) is 4.07. The SMILES string of the molecule is CC(CNCc1ccc(-n2cccn2)cc1)Cn1ccnc1. The number of nitrogens with one attached hydrogen (secondary N) is 1. The third-order valence-corrected chi connectivity index (χ3v) is 3.61. The highest BCUT2D eigenvalue weighted by atomic mass is 15.3. The van der Waals surface area contributed by atoms with E-state index in [4.69, 9.17) is 0 Å². The molecule has 0 aliphatic carbocycles. The first-order valence-electron chi connectivity index (χ1n) is 7.56. The van der Waals surface area contributed by atoms with E-state index in [0.29, 0.717) is 5.92 Å². The summed E-state index contributed by atoms with van der Waals surface area (Å²) >= 11 is 0. The molecule has 0 aliphatic heterocycles. The molecule has 22 heavy (non-hydrogen) atoms. The van der Waals surface area contributed by atoms with Crippen LogP contribution in [0.25, 0.3) is 5.69 Å².